The van der Waals surface area contributed by atoms with E-state index in [1.165, 1.54) is 0 Å². The van der Waals surface area contributed by atoms with Gasteiger partial charge >= 0.3 is 5.69 Å². The first-order valence-corrected chi connectivity index (χ1v) is 5.23. The summed E-state index contributed by atoms with van der Waals surface area (Å²) >= 11 is 0. The third-order valence-corrected chi connectivity index (χ3v) is 2.57. The minimum Gasteiger partial charge on any atom is -0.292 e. The molecule has 1 aromatic heterocycles. The summed E-state index contributed by atoms with van der Waals surface area (Å²) < 4.78 is 3.30. The van der Waals surface area contributed by atoms with Crippen LogP contribution in [0.2, 0.25) is 6.32 Å². The van der Waals surface area contributed by atoms with Crippen LogP contribution in [0, 0.1) is 0 Å². The topological polar surface area (TPSA) is 26.9 Å². The second kappa shape index (κ2) is 4.04. The van der Waals surface area contributed by atoms with Gasteiger partial charge in [-0.05, 0) is 19.1 Å². The molecule has 2 aromatic rings. The van der Waals surface area contributed by atoms with Crippen LogP contribution < -0.4 is 5.69 Å². The molecule has 0 bridgehead atoms. The van der Waals surface area contributed by atoms with Crippen LogP contribution >= 0.6 is 0 Å². The van der Waals surface area contributed by atoms with E-state index in [0.29, 0.717) is 12.9 Å². The van der Waals surface area contributed by atoms with Gasteiger partial charge in [-0.3, -0.25) is 9.13 Å². The SMILES string of the molecule is [B]CCn1c(=O)n(C(=C)C)c2ccccc21. The second-order valence-corrected chi connectivity index (χ2v) is 3.78. The quantitative estimate of drug-likeness (QED) is 0.713. The summed E-state index contributed by atoms with van der Waals surface area (Å²) in [6.45, 7) is 6.18. The third-order valence-electron chi connectivity index (χ3n) is 2.57. The first-order chi connectivity index (χ1) is 7.66. The van der Waals surface area contributed by atoms with Crippen LogP contribution in [0.25, 0.3) is 16.7 Å². The van der Waals surface area contributed by atoms with Gasteiger partial charge in [-0.25, -0.2) is 4.79 Å². The lowest BCUT2D eigenvalue weighted by molar-refractivity contribution is 0.736. The van der Waals surface area contributed by atoms with E-state index in [1.807, 2.05) is 31.2 Å². The summed E-state index contributed by atoms with van der Waals surface area (Å²) in [5, 5.41) is 0. The molecule has 0 atom stereocenters. The number of hydrogen-bond donors (Lipinski definition) is 0. The lowest BCUT2D eigenvalue weighted by Gasteiger charge is -1.99. The van der Waals surface area contributed by atoms with Gasteiger partial charge in [-0.2, -0.15) is 0 Å². The maximum absolute atomic E-state index is 12.1. The van der Waals surface area contributed by atoms with Crippen LogP contribution in [0.1, 0.15) is 6.92 Å². The molecule has 0 saturated heterocycles. The van der Waals surface area contributed by atoms with Crippen molar-refractivity contribution in [1.82, 2.24) is 9.13 Å². The van der Waals surface area contributed by atoms with Gasteiger partial charge in [0.2, 0.25) is 0 Å². The first kappa shape index (κ1) is 10.8. The molecule has 0 aliphatic rings. The fourth-order valence-corrected chi connectivity index (χ4v) is 1.92. The smallest absolute Gasteiger partial charge is 0.292 e. The Kier molecular flexibility index (Phi) is 2.73. The van der Waals surface area contributed by atoms with Crippen molar-refractivity contribution in [3.05, 3.63) is 41.3 Å². The fourth-order valence-electron chi connectivity index (χ4n) is 1.92. The van der Waals surface area contributed by atoms with Crippen LogP contribution in [-0.2, 0) is 6.54 Å². The summed E-state index contributed by atoms with van der Waals surface area (Å²) in [6, 6.07) is 7.66. The van der Waals surface area contributed by atoms with E-state index in [2.05, 4.69) is 6.58 Å². The molecule has 1 aromatic carbocycles. The lowest BCUT2D eigenvalue weighted by Crippen LogP contribution is -2.23. The Hall–Kier alpha value is -1.71. The molecule has 0 spiro atoms. The maximum Gasteiger partial charge on any atom is 0.333 e. The van der Waals surface area contributed by atoms with Gasteiger partial charge in [0.05, 0.1) is 18.9 Å². The molecule has 0 N–H and O–H groups in total. The molecule has 0 unspecified atom stereocenters. The zero-order valence-electron chi connectivity index (χ0n) is 9.31. The Labute approximate surface area is 95.4 Å². The predicted molar refractivity (Wildman–Crippen MR) is 67.8 cm³/mol. The molecule has 16 heavy (non-hydrogen) atoms. The zero-order valence-corrected chi connectivity index (χ0v) is 9.31. The highest BCUT2D eigenvalue weighted by Crippen LogP contribution is 2.15. The third kappa shape index (κ3) is 1.50. The molecule has 2 radical (unpaired) electrons. The van der Waals surface area contributed by atoms with E-state index < -0.39 is 0 Å². The molecule has 1 heterocycles. The van der Waals surface area contributed by atoms with E-state index >= 15 is 0 Å². The standard InChI is InChI=1S/C12H13BN2O/c1-9(2)15-11-6-4-3-5-10(11)14(8-7-13)12(15)16/h3-6H,1,7-8H2,2H3. The number of para-hydroxylation sites is 2. The Morgan fingerprint density at radius 3 is 2.56 bits per heavy atom. The normalized spacial score (nSPS) is 10.8. The molecule has 0 aliphatic carbocycles. The number of benzene rings is 1. The van der Waals surface area contributed by atoms with Crippen LogP contribution in [0.15, 0.2) is 35.6 Å². The van der Waals surface area contributed by atoms with Crippen molar-refractivity contribution in [1.29, 1.82) is 0 Å². The van der Waals surface area contributed by atoms with Gasteiger partial charge < -0.3 is 0 Å². The number of rotatable bonds is 3. The summed E-state index contributed by atoms with van der Waals surface area (Å²) in [5.41, 5.74) is 2.44. The van der Waals surface area contributed by atoms with Gasteiger partial charge in [-0.1, -0.05) is 25.0 Å². The maximum atomic E-state index is 12.1. The molecule has 2 rings (SSSR count). The van der Waals surface area contributed by atoms with E-state index in [4.69, 9.17) is 7.85 Å². The van der Waals surface area contributed by atoms with Crippen molar-refractivity contribution >= 4 is 24.6 Å². The largest absolute Gasteiger partial charge is 0.333 e. The lowest BCUT2D eigenvalue weighted by atomic mass is 10.1. The summed E-state index contributed by atoms with van der Waals surface area (Å²) in [5.74, 6) is 0. The number of hydrogen-bond acceptors (Lipinski definition) is 1. The van der Waals surface area contributed by atoms with E-state index in [9.17, 15) is 4.79 Å². The summed E-state index contributed by atoms with van der Waals surface area (Å²) in [7, 11) is 5.51. The van der Waals surface area contributed by atoms with Gasteiger partial charge in [0.15, 0.2) is 0 Å². The molecule has 0 saturated carbocycles. The van der Waals surface area contributed by atoms with Crippen LogP contribution in [0.3, 0.4) is 0 Å². The predicted octanol–water partition coefficient (Wildman–Crippen LogP) is 1.88. The average Bonchev–Trinajstić information content (AvgIpc) is 2.53. The highest BCUT2D eigenvalue weighted by Gasteiger charge is 2.11. The fraction of sp³-hybridized carbons (Fsp3) is 0.250. The van der Waals surface area contributed by atoms with Crippen molar-refractivity contribution in [3.63, 3.8) is 0 Å². The van der Waals surface area contributed by atoms with Gasteiger partial charge in [0.25, 0.3) is 0 Å². The van der Waals surface area contributed by atoms with Gasteiger partial charge in [0, 0.05) is 12.2 Å². The number of fused-ring (bicyclic) bond motifs is 1. The minimum absolute atomic E-state index is 0.0702. The molecule has 3 nitrogen and oxygen atoms in total. The summed E-state index contributed by atoms with van der Waals surface area (Å²) in [4.78, 5) is 12.1. The number of imidazole rings is 1. The number of aromatic nitrogens is 2. The highest BCUT2D eigenvalue weighted by atomic mass is 16.1. The average molecular weight is 212 g/mol. The number of allylic oxidation sites excluding steroid dienone is 1. The van der Waals surface area contributed by atoms with E-state index in [1.54, 1.807) is 9.13 Å². The van der Waals surface area contributed by atoms with Gasteiger partial charge in [-0.15, -0.1) is 0 Å². The molecule has 0 amide bonds. The van der Waals surface area contributed by atoms with Crippen molar-refractivity contribution in [2.24, 2.45) is 0 Å². The Bertz CT molecular complexity index is 595. The zero-order chi connectivity index (χ0) is 11.7. The molecule has 4 heteroatoms. The number of nitrogens with zero attached hydrogens (tertiary/aromatic N) is 2. The van der Waals surface area contributed by atoms with Crippen molar-refractivity contribution < 1.29 is 0 Å². The van der Waals surface area contributed by atoms with Crippen molar-refractivity contribution in [2.75, 3.05) is 0 Å². The van der Waals surface area contributed by atoms with Crippen LogP contribution in [0.4, 0.5) is 0 Å². The molecule has 80 valence electrons. The minimum atomic E-state index is -0.0702. The van der Waals surface area contributed by atoms with E-state index in [0.717, 1.165) is 16.7 Å². The second-order valence-electron chi connectivity index (χ2n) is 3.78. The Balaban J connectivity index is 2.86. The molecule has 0 fully saturated rings. The molecular formula is C12H13BN2O. The first-order valence-electron chi connectivity index (χ1n) is 5.23. The Morgan fingerprint density at radius 1 is 1.38 bits per heavy atom. The Morgan fingerprint density at radius 2 is 2.00 bits per heavy atom. The molecule has 0 aliphatic heterocycles. The highest BCUT2D eigenvalue weighted by molar-refractivity contribution is 6.08. The van der Waals surface area contributed by atoms with Gasteiger partial charge in [0.1, 0.15) is 0 Å². The van der Waals surface area contributed by atoms with E-state index in [-0.39, 0.29) is 5.69 Å². The van der Waals surface area contributed by atoms with Crippen LogP contribution in [-0.4, -0.2) is 17.0 Å². The summed E-state index contributed by atoms with van der Waals surface area (Å²) in [6.07, 6.45) is 0.449. The van der Waals surface area contributed by atoms with Crippen LogP contribution in [0.5, 0.6) is 0 Å². The van der Waals surface area contributed by atoms with Crippen molar-refractivity contribution in [3.8, 4) is 0 Å². The number of aryl methyl sites for hydroxylation is 1. The van der Waals surface area contributed by atoms with Crippen molar-refractivity contribution in [2.45, 2.75) is 19.8 Å². The monoisotopic (exact) mass is 212 g/mol. The molecular weight excluding hydrogens is 199 g/mol.